The van der Waals surface area contributed by atoms with Crippen LogP contribution in [0.15, 0.2) is 18.2 Å². The molecule has 7 heteroatoms. The highest BCUT2D eigenvalue weighted by atomic mass is 35.5. The zero-order valence-corrected chi connectivity index (χ0v) is 19.6. The van der Waals surface area contributed by atoms with Gasteiger partial charge in [-0.1, -0.05) is 23.2 Å². The number of hydrogen-bond acceptors (Lipinski definition) is 4. The predicted molar refractivity (Wildman–Crippen MR) is 125 cm³/mol. The van der Waals surface area contributed by atoms with Gasteiger partial charge in [-0.25, -0.2) is 0 Å². The van der Waals surface area contributed by atoms with Gasteiger partial charge in [0.05, 0.1) is 10.7 Å². The van der Waals surface area contributed by atoms with Gasteiger partial charge in [-0.15, -0.1) is 0 Å². The lowest BCUT2D eigenvalue weighted by Crippen LogP contribution is -2.47. The number of ether oxygens (including phenoxy) is 1. The van der Waals surface area contributed by atoms with Crippen molar-refractivity contribution in [1.82, 2.24) is 10.2 Å². The highest BCUT2D eigenvalue weighted by Gasteiger charge is 2.24. The molecule has 1 aromatic rings. The number of nitrogens with zero attached hydrogens (tertiary/aromatic N) is 2. The number of anilines is 1. The highest BCUT2D eigenvalue weighted by molar-refractivity contribution is 6.36. The summed E-state index contributed by atoms with van der Waals surface area (Å²) in [6.07, 6.45) is 7.31. The molecule has 2 aliphatic rings. The number of benzene rings is 1. The summed E-state index contributed by atoms with van der Waals surface area (Å²) in [6.45, 7) is 5.98. The minimum absolute atomic E-state index is 0.175. The van der Waals surface area contributed by atoms with Crippen molar-refractivity contribution in [3.63, 3.8) is 0 Å². The summed E-state index contributed by atoms with van der Waals surface area (Å²) >= 11 is 12.4. The molecule has 5 nitrogen and oxygen atoms in total. The summed E-state index contributed by atoms with van der Waals surface area (Å²) in [7, 11) is 1.67. The molecule has 168 valence electrons. The van der Waals surface area contributed by atoms with Crippen molar-refractivity contribution in [2.45, 2.75) is 51.0 Å². The second kappa shape index (κ2) is 12.1. The van der Waals surface area contributed by atoms with E-state index in [0.29, 0.717) is 24.1 Å². The number of carbonyl (C=O) groups excluding carboxylic acids is 1. The second-order valence-corrected chi connectivity index (χ2v) is 9.44. The Bertz CT molecular complexity index is 672. The molecule has 1 aliphatic heterocycles. The molecule has 1 saturated carbocycles. The second-order valence-electron chi connectivity index (χ2n) is 8.59. The van der Waals surface area contributed by atoms with Crippen LogP contribution in [0.5, 0.6) is 0 Å². The van der Waals surface area contributed by atoms with Gasteiger partial charge in [0.25, 0.3) is 0 Å². The molecule has 1 amide bonds. The SMILES string of the molecule is COCCCC(=O)N[C@H]1CC[C@H](CCN2CCN(c3ccc(Cl)cc3Cl)CC2)CC1. The van der Waals surface area contributed by atoms with Crippen LogP contribution >= 0.6 is 23.2 Å². The van der Waals surface area contributed by atoms with E-state index in [0.717, 1.165) is 62.1 Å². The summed E-state index contributed by atoms with van der Waals surface area (Å²) in [5.74, 6) is 0.963. The standard InChI is InChI=1S/C23H35Cl2N3O2/c1-30-16-2-3-23(29)26-20-7-4-18(5-8-20)10-11-27-12-14-28(15-13-27)22-9-6-19(24)17-21(22)25/h6,9,17-18,20H,2-5,7-8,10-16H2,1H3,(H,26,29)/t18-,20-. The number of halogens is 2. The van der Waals surface area contributed by atoms with E-state index in [2.05, 4.69) is 15.1 Å². The van der Waals surface area contributed by atoms with Gasteiger partial charge in [0.1, 0.15) is 0 Å². The van der Waals surface area contributed by atoms with E-state index in [1.54, 1.807) is 7.11 Å². The Morgan fingerprint density at radius 1 is 1.13 bits per heavy atom. The van der Waals surface area contributed by atoms with E-state index in [1.165, 1.54) is 25.8 Å². The first-order valence-corrected chi connectivity index (χ1v) is 12.0. The van der Waals surface area contributed by atoms with Crippen molar-refractivity contribution in [2.24, 2.45) is 5.92 Å². The number of rotatable bonds is 9. The van der Waals surface area contributed by atoms with Crippen LogP contribution in [-0.2, 0) is 9.53 Å². The van der Waals surface area contributed by atoms with Crippen molar-refractivity contribution in [2.75, 3.05) is 51.3 Å². The molecule has 1 aliphatic carbocycles. The minimum atomic E-state index is 0.175. The number of carbonyl (C=O) groups is 1. The molecule has 30 heavy (non-hydrogen) atoms. The third kappa shape index (κ3) is 7.30. The van der Waals surface area contributed by atoms with Crippen molar-refractivity contribution < 1.29 is 9.53 Å². The van der Waals surface area contributed by atoms with Crippen molar-refractivity contribution in [1.29, 1.82) is 0 Å². The molecule has 0 atom stereocenters. The first kappa shape index (κ1) is 23.6. The molecule has 0 aromatic heterocycles. The van der Waals surface area contributed by atoms with Gasteiger partial charge in [-0.05, 0) is 69.2 Å². The number of piperazine rings is 1. The van der Waals surface area contributed by atoms with Gasteiger partial charge < -0.3 is 15.0 Å². The summed E-state index contributed by atoms with van der Waals surface area (Å²) in [5, 5.41) is 4.62. The molecule has 0 radical (unpaired) electrons. The van der Waals surface area contributed by atoms with Crippen LogP contribution < -0.4 is 10.2 Å². The average molecular weight is 456 g/mol. The maximum Gasteiger partial charge on any atom is 0.220 e. The molecule has 0 bridgehead atoms. The molecule has 3 rings (SSSR count). The normalized spacial score (nSPS) is 22.8. The van der Waals surface area contributed by atoms with Gasteiger partial charge in [-0.2, -0.15) is 0 Å². The first-order valence-electron chi connectivity index (χ1n) is 11.3. The molecule has 2 fully saturated rings. The Hall–Kier alpha value is -1.01. The number of methoxy groups -OCH3 is 1. The van der Waals surface area contributed by atoms with Gasteiger partial charge in [0.15, 0.2) is 0 Å². The summed E-state index contributed by atoms with van der Waals surface area (Å²) in [5.41, 5.74) is 1.09. The maximum atomic E-state index is 12.0. The Morgan fingerprint density at radius 3 is 2.53 bits per heavy atom. The van der Waals surface area contributed by atoms with Gasteiger partial charge in [0.2, 0.25) is 5.91 Å². The molecule has 0 unspecified atom stereocenters. The summed E-state index contributed by atoms with van der Waals surface area (Å²) in [6, 6.07) is 6.12. The van der Waals surface area contributed by atoms with E-state index in [9.17, 15) is 4.79 Å². The van der Waals surface area contributed by atoms with E-state index >= 15 is 0 Å². The van der Waals surface area contributed by atoms with Crippen LogP contribution in [0.25, 0.3) is 0 Å². The Balaban J connectivity index is 1.31. The van der Waals surface area contributed by atoms with Gasteiger partial charge >= 0.3 is 0 Å². The van der Waals surface area contributed by atoms with E-state index < -0.39 is 0 Å². The van der Waals surface area contributed by atoms with Gasteiger partial charge in [0, 0.05) is 57.4 Å². The fraction of sp³-hybridized carbons (Fsp3) is 0.696. The minimum Gasteiger partial charge on any atom is -0.385 e. The Labute approximate surface area is 191 Å². The number of amides is 1. The van der Waals surface area contributed by atoms with Crippen LogP contribution in [0, 0.1) is 5.92 Å². The smallest absolute Gasteiger partial charge is 0.220 e. The summed E-state index contributed by atoms with van der Waals surface area (Å²) < 4.78 is 5.01. The van der Waals surface area contributed by atoms with Crippen LogP contribution in [0.2, 0.25) is 10.0 Å². The molecule has 1 heterocycles. The van der Waals surface area contributed by atoms with E-state index in [1.807, 2.05) is 18.2 Å². The van der Waals surface area contributed by atoms with Crippen LogP contribution in [0.3, 0.4) is 0 Å². The Kier molecular flexibility index (Phi) is 9.57. The first-order chi connectivity index (χ1) is 14.5. The molecular formula is C23H35Cl2N3O2. The third-order valence-corrected chi connectivity index (χ3v) is 6.98. The maximum absolute atomic E-state index is 12.0. The molecule has 1 saturated heterocycles. The van der Waals surface area contributed by atoms with Crippen LogP contribution in [0.1, 0.15) is 44.9 Å². The topological polar surface area (TPSA) is 44.8 Å². The van der Waals surface area contributed by atoms with Crippen molar-refractivity contribution in [3.8, 4) is 0 Å². The number of hydrogen-bond donors (Lipinski definition) is 1. The molecule has 1 aromatic carbocycles. The molecular weight excluding hydrogens is 421 g/mol. The zero-order chi connectivity index (χ0) is 21.3. The molecule has 0 spiro atoms. The fourth-order valence-electron chi connectivity index (χ4n) is 4.59. The van der Waals surface area contributed by atoms with Crippen LogP contribution in [-0.4, -0.2) is 63.3 Å². The third-order valence-electron chi connectivity index (χ3n) is 6.44. The largest absolute Gasteiger partial charge is 0.385 e. The lowest BCUT2D eigenvalue weighted by molar-refractivity contribution is -0.122. The Morgan fingerprint density at radius 2 is 1.87 bits per heavy atom. The van der Waals surface area contributed by atoms with Crippen molar-refractivity contribution >= 4 is 34.8 Å². The quantitative estimate of drug-likeness (QED) is 0.552. The fourth-order valence-corrected chi connectivity index (χ4v) is 5.12. The zero-order valence-electron chi connectivity index (χ0n) is 18.0. The highest BCUT2D eigenvalue weighted by Crippen LogP contribution is 2.30. The summed E-state index contributed by atoms with van der Waals surface area (Å²) in [4.78, 5) is 16.9. The number of nitrogens with one attached hydrogen (secondary N) is 1. The predicted octanol–water partition coefficient (Wildman–Crippen LogP) is 4.61. The van der Waals surface area contributed by atoms with Crippen molar-refractivity contribution in [3.05, 3.63) is 28.2 Å². The van der Waals surface area contributed by atoms with E-state index in [4.69, 9.17) is 27.9 Å². The lowest BCUT2D eigenvalue weighted by Gasteiger charge is -2.37. The average Bonchev–Trinajstić information content (AvgIpc) is 2.74. The van der Waals surface area contributed by atoms with Crippen LogP contribution in [0.4, 0.5) is 5.69 Å². The van der Waals surface area contributed by atoms with E-state index in [-0.39, 0.29) is 5.91 Å². The van der Waals surface area contributed by atoms with Gasteiger partial charge in [-0.3, -0.25) is 9.69 Å². The lowest BCUT2D eigenvalue weighted by atomic mass is 9.84. The monoisotopic (exact) mass is 455 g/mol. The molecule has 1 N–H and O–H groups in total.